The molecular formula is C33H41F4N5O7. The Morgan fingerprint density at radius 3 is 2.33 bits per heavy atom. The molecule has 12 nitrogen and oxygen atoms in total. The molecule has 2 unspecified atom stereocenters. The molecule has 16 heteroatoms. The summed E-state index contributed by atoms with van der Waals surface area (Å²) in [5.74, 6) is -9.66. The maximum Gasteiger partial charge on any atom is 0.267 e. The highest BCUT2D eigenvalue weighted by atomic mass is 19.3. The van der Waals surface area contributed by atoms with Crippen LogP contribution in [0, 0.1) is 17.6 Å². The molecule has 0 bridgehead atoms. The SMILES string of the molecule is CCC(C)[C@@H](C(=O)N[C@@H](CCNC(=O)c1cc(F)cc(F)c1)C(=O)NO)N(C)C(=O)C1CC(F)(F)CN1C(=O)CCCOc1ccccc1. The highest BCUT2D eigenvalue weighted by Gasteiger charge is 2.51. The molecule has 49 heavy (non-hydrogen) atoms. The average Bonchev–Trinajstić information content (AvgIpc) is 3.40. The number of rotatable bonds is 16. The number of nitrogens with zero attached hydrogens (tertiary/aromatic N) is 2. The van der Waals surface area contributed by atoms with Gasteiger partial charge in [-0.05, 0) is 43.0 Å². The lowest BCUT2D eigenvalue weighted by atomic mass is 9.95. The molecule has 4 atom stereocenters. The Morgan fingerprint density at radius 2 is 1.71 bits per heavy atom. The third-order valence-corrected chi connectivity index (χ3v) is 8.23. The maximum absolute atomic E-state index is 14.6. The molecule has 268 valence electrons. The number of halogens is 4. The zero-order valence-electron chi connectivity index (χ0n) is 27.4. The van der Waals surface area contributed by atoms with Gasteiger partial charge in [-0.1, -0.05) is 38.5 Å². The zero-order chi connectivity index (χ0) is 36.3. The van der Waals surface area contributed by atoms with Gasteiger partial charge in [0.2, 0.25) is 17.7 Å². The van der Waals surface area contributed by atoms with Crippen LogP contribution in [-0.4, -0.2) is 95.3 Å². The lowest BCUT2D eigenvalue weighted by Gasteiger charge is -2.35. The number of likely N-dealkylation sites (tertiary alicyclic amines) is 1. The van der Waals surface area contributed by atoms with E-state index in [4.69, 9.17) is 4.74 Å². The van der Waals surface area contributed by atoms with E-state index < -0.39 is 84.1 Å². The van der Waals surface area contributed by atoms with Crippen molar-refractivity contribution in [2.75, 3.05) is 26.7 Å². The van der Waals surface area contributed by atoms with Crippen molar-refractivity contribution in [1.82, 2.24) is 25.9 Å². The van der Waals surface area contributed by atoms with Gasteiger partial charge in [0.05, 0.1) is 13.2 Å². The summed E-state index contributed by atoms with van der Waals surface area (Å²) in [6, 6.07) is 6.70. The summed E-state index contributed by atoms with van der Waals surface area (Å²) in [5.41, 5.74) is 1.08. The van der Waals surface area contributed by atoms with Gasteiger partial charge >= 0.3 is 0 Å². The minimum atomic E-state index is -3.35. The normalized spacial score (nSPS) is 17.0. The number of amides is 5. The number of ether oxygens (including phenoxy) is 1. The molecule has 1 heterocycles. The van der Waals surface area contributed by atoms with Crippen LogP contribution in [0.1, 0.15) is 56.3 Å². The number of alkyl halides is 2. The molecule has 0 saturated carbocycles. The third-order valence-electron chi connectivity index (χ3n) is 8.23. The quantitative estimate of drug-likeness (QED) is 0.0911. The van der Waals surface area contributed by atoms with E-state index in [2.05, 4.69) is 10.6 Å². The largest absolute Gasteiger partial charge is 0.494 e. The van der Waals surface area contributed by atoms with Crippen LogP contribution in [0.4, 0.5) is 17.6 Å². The molecule has 0 aromatic heterocycles. The Bertz CT molecular complexity index is 1460. The molecule has 0 aliphatic carbocycles. The summed E-state index contributed by atoms with van der Waals surface area (Å²) < 4.78 is 61.8. The first-order valence-electron chi connectivity index (χ1n) is 15.8. The lowest BCUT2D eigenvalue weighted by Crippen LogP contribution is -2.58. The standard InChI is InChI=1S/C33H41F4N5O7/c1-4-20(2)28(31(46)39-25(30(45)40-48)12-13-38-29(44)21-15-22(34)17-23(35)16-21)41(3)32(47)26-18-33(36,37)19-42(26)27(43)11-8-14-49-24-9-6-5-7-10-24/h5-7,9-10,15-17,20,25-26,28,48H,4,8,11-14,18-19H2,1-3H3,(H,38,44)(H,39,46)(H,40,45)/t20?,25-,26?,28-/m0/s1. The maximum atomic E-state index is 14.6. The number of likely N-dealkylation sites (N-methyl/N-ethyl adjacent to an activating group) is 1. The summed E-state index contributed by atoms with van der Waals surface area (Å²) in [6.45, 7) is 2.24. The van der Waals surface area contributed by atoms with E-state index in [9.17, 15) is 46.7 Å². The van der Waals surface area contributed by atoms with Crippen molar-refractivity contribution in [3.8, 4) is 5.75 Å². The van der Waals surface area contributed by atoms with E-state index in [0.717, 1.165) is 21.9 Å². The van der Waals surface area contributed by atoms with Crippen LogP contribution in [-0.2, 0) is 19.2 Å². The second-order valence-electron chi connectivity index (χ2n) is 11.9. The Kier molecular flexibility index (Phi) is 13.9. The molecule has 1 saturated heterocycles. The van der Waals surface area contributed by atoms with Gasteiger partial charge in [0.1, 0.15) is 35.5 Å². The predicted molar refractivity (Wildman–Crippen MR) is 167 cm³/mol. The van der Waals surface area contributed by atoms with Crippen LogP contribution in [0.5, 0.6) is 5.75 Å². The van der Waals surface area contributed by atoms with E-state index in [1.807, 2.05) is 6.07 Å². The fourth-order valence-corrected chi connectivity index (χ4v) is 5.51. The number of nitrogens with one attached hydrogen (secondary N) is 3. The van der Waals surface area contributed by atoms with Crippen molar-refractivity contribution in [1.29, 1.82) is 0 Å². The van der Waals surface area contributed by atoms with Gasteiger partial charge in [-0.2, -0.15) is 0 Å². The summed E-state index contributed by atoms with van der Waals surface area (Å²) in [5, 5.41) is 14.0. The fourth-order valence-electron chi connectivity index (χ4n) is 5.51. The first kappa shape index (κ1) is 38.7. The van der Waals surface area contributed by atoms with Crippen molar-refractivity contribution < 1.29 is 51.5 Å². The summed E-state index contributed by atoms with van der Waals surface area (Å²) in [4.78, 5) is 66.9. The van der Waals surface area contributed by atoms with Crippen LogP contribution in [0.15, 0.2) is 48.5 Å². The van der Waals surface area contributed by atoms with Crippen LogP contribution in [0.3, 0.4) is 0 Å². The topological polar surface area (TPSA) is 157 Å². The van der Waals surface area contributed by atoms with E-state index in [1.165, 1.54) is 12.5 Å². The van der Waals surface area contributed by atoms with Crippen molar-refractivity contribution in [2.45, 2.75) is 70.0 Å². The van der Waals surface area contributed by atoms with Gasteiger partial charge in [0.15, 0.2) is 0 Å². The summed E-state index contributed by atoms with van der Waals surface area (Å²) in [7, 11) is 1.24. The van der Waals surface area contributed by atoms with Gasteiger partial charge < -0.3 is 25.2 Å². The number of carbonyl (C=O) groups is 5. The number of hydrogen-bond acceptors (Lipinski definition) is 7. The predicted octanol–water partition coefficient (Wildman–Crippen LogP) is 3.04. The molecule has 2 aromatic rings. The number of carbonyl (C=O) groups excluding carboxylic acids is 5. The minimum absolute atomic E-state index is 0.143. The molecule has 2 aromatic carbocycles. The Hall–Kier alpha value is -4.73. The molecular weight excluding hydrogens is 654 g/mol. The summed E-state index contributed by atoms with van der Waals surface area (Å²) >= 11 is 0. The second-order valence-corrected chi connectivity index (χ2v) is 11.9. The van der Waals surface area contributed by atoms with E-state index in [1.54, 1.807) is 38.1 Å². The van der Waals surface area contributed by atoms with E-state index in [-0.39, 0.29) is 38.0 Å². The van der Waals surface area contributed by atoms with Crippen molar-refractivity contribution in [3.05, 3.63) is 65.7 Å². The zero-order valence-corrected chi connectivity index (χ0v) is 27.4. The number of hydroxylamine groups is 1. The molecule has 0 radical (unpaired) electrons. The minimum Gasteiger partial charge on any atom is -0.494 e. The molecule has 5 amide bonds. The first-order valence-corrected chi connectivity index (χ1v) is 15.8. The highest BCUT2D eigenvalue weighted by molar-refractivity contribution is 5.95. The van der Waals surface area contributed by atoms with Gasteiger partial charge in [-0.25, -0.2) is 23.0 Å². The van der Waals surface area contributed by atoms with Crippen LogP contribution in [0.25, 0.3) is 0 Å². The van der Waals surface area contributed by atoms with Crippen LogP contribution in [0.2, 0.25) is 0 Å². The lowest BCUT2D eigenvalue weighted by molar-refractivity contribution is -0.148. The van der Waals surface area contributed by atoms with Crippen LogP contribution >= 0.6 is 0 Å². The Labute approximate surface area is 281 Å². The molecule has 1 aliphatic heterocycles. The molecule has 4 N–H and O–H groups in total. The number of hydrogen-bond donors (Lipinski definition) is 4. The molecule has 3 rings (SSSR count). The molecule has 1 aliphatic rings. The Balaban J connectivity index is 1.68. The second kappa shape index (κ2) is 17.6. The molecule has 0 spiro atoms. The van der Waals surface area contributed by atoms with E-state index >= 15 is 0 Å². The van der Waals surface area contributed by atoms with Gasteiger partial charge in [-0.3, -0.25) is 29.2 Å². The van der Waals surface area contributed by atoms with Gasteiger partial charge in [0, 0.05) is 38.1 Å². The highest BCUT2D eigenvalue weighted by Crippen LogP contribution is 2.34. The third kappa shape index (κ3) is 10.9. The Morgan fingerprint density at radius 1 is 1.06 bits per heavy atom. The van der Waals surface area contributed by atoms with Gasteiger partial charge in [0.25, 0.3) is 17.7 Å². The molecule has 1 fully saturated rings. The monoisotopic (exact) mass is 695 g/mol. The summed E-state index contributed by atoms with van der Waals surface area (Å²) in [6.07, 6.45) is -0.843. The fraction of sp³-hybridized carbons (Fsp3) is 0.485. The van der Waals surface area contributed by atoms with Crippen molar-refractivity contribution >= 4 is 29.5 Å². The van der Waals surface area contributed by atoms with Gasteiger partial charge in [-0.15, -0.1) is 0 Å². The van der Waals surface area contributed by atoms with Crippen molar-refractivity contribution in [2.24, 2.45) is 5.92 Å². The number of para-hydroxylation sites is 1. The van der Waals surface area contributed by atoms with E-state index in [0.29, 0.717) is 18.2 Å². The van der Waals surface area contributed by atoms with Crippen molar-refractivity contribution in [3.63, 3.8) is 0 Å². The number of benzene rings is 2. The average molecular weight is 696 g/mol. The smallest absolute Gasteiger partial charge is 0.267 e. The van der Waals surface area contributed by atoms with Crippen LogP contribution < -0.4 is 20.9 Å². The first-order chi connectivity index (χ1) is 23.2.